The molecule has 15 heavy (non-hydrogen) atoms. The van der Waals surface area contributed by atoms with E-state index >= 15 is 0 Å². The molecule has 1 atom stereocenters. The van der Waals surface area contributed by atoms with Crippen LogP contribution in [0.3, 0.4) is 0 Å². The minimum absolute atomic E-state index is 0.413. The summed E-state index contributed by atoms with van der Waals surface area (Å²) in [5.41, 5.74) is 5.94. The van der Waals surface area contributed by atoms with E-state index in [1.165, 1.54) is 22.6 Å². The second-order valence-corrected chi connectivity index (χ2v) is 5.62. The summed E-state index contributed by atoms with van der Waals surface area (Å²) in [6, 6.07) is 5.47. The fraction of sp³-hybridized carbons (Fsp3) is 0.545. The van der Waals surface area contributed by atoms with Crippen LogP contribution < -0.4 is 5.73 Å². The van der Waals surface area contributed by atoms with Crippen molar-refractivity contribution in [2.45, 2.75) is 31.8 Å². The molecule has 4 heteroatoms. The molecule has 0 saturated heterocycles. The maximum absolute atomic E-state index is 5.94. The van der Waals surface area contributed by atoms with Crippen molar-refractivity contribution in [1.82, 2.24) is 4.90 Å². The van der Waals surface area contributed by atoms with E-state index in [4.69, 9.17) is 5.73 Å². The second-order valence-electron chi connectivity index (χ2n) is 4.30. The highest BCUT2D eigenvalue weighted by molar-refractivity contribution is 7.12. The molecule has 1 unspecified atom stereocenters. The Morgan fingerprint density at radius 2 is 2.27 bits per heavy atom. The molecule has 1 aliphatic heterocycles. The van der Waals surface area contributed by atoms with Crippen LogP contribution in [0.1, 0.15) is 28.6 Å². The van der Waals surface area contributed by atoms with Gasteiger partial charge in [0.25, 0.3) is 0 Å². The maximum Gasteiger partial charge on any atom is 0.192 e. The number of guanidine groups is 1. The van der Waals surface area contributed by atoms with E-state index in [9.17, 15) is 0 Å². The standard InChI is InChI=1S/C11H15N3S/c1-7-2-5-10(15-7)9-6-13-11(12)14(9)8-3-4-8/h2,5,8-9H,3-4,6H2,1H3,(H2,12,13). The Kier molecular flexibility index (Phi) is 1.99. The monoisotopic (exact) mass is 221 g/mol. The van der Waals surface area contributed by atoms with Crippen molar-refractivity contribution in [3.8, 4) is 0 Å². The predicted molar refractivity (Wildman–Crippen MR) is 63.1 cm³/mol. The SMILES string of the molecule is Cc1ccc(C2CN=C(N)N2C2CC2)s1. The summed E-state index contributed by atoms with van der Waals surface area (Å²) in [7, 11) is 0. The summed E-state index contributed by atoms with van der Waals surface area (Å²) in [5, 5.41) is 0. The van der Waals surface area contributed by atoms with Crippen molar-refractivity contribution in [2.24, 2.45) is 10.7 Å². The molecular weight excluding hydrogens is 206 g/mol. The van der Waals surface area contributed by atoms with Crippen molar-refractivity contribution < 1.29 is 0 Å². The Labute approximate surface area is 93.6 Å². The van der Waals surface area contributed by atoms with Gasteiger partial charge in [0, 0.05) is 15.8 Å². The average Bonchev–Trinajstić information content (AvgIpc) is 2.84. The minimum atomic E-state index is 0.413. The Morgan fingerprint density at radius 1 is 1.47 bits per heavy atom. The van der Waals surface area contributed by atoms with Gasteiger partial charge in [-0.05, 0) is 31.9 Å². The Morgan fingerprint density at radius 3 is 2.87 bits per heavy atom. The van der Waals surface area contributed by atoms with Crippen LogP contribution in [0.4, 0.5) is 0 Å². The minimum Gasteiger partial charge on any atom is -0.370 e. The zero-order valence-electron chi connectivity index (χ0n) is 8.81. The molecule has 0 radical (unpaired) electrons. The lowest BCUT2D eigenvalue weighted by molar-refractivity contribution is 0.342. The molecule has 0 amide bonds. The van der Waals surface area contributed by atoms with Crippen LogP contribution in [0.25, 0.3) is 0 Å². The largest absolute Gasteiger partial charge is 0.370 e. The van der Waals surface area contributed by atoms with Gasteiger partial charge in [-0.1, -0.05) is 0 Å². The third-order valence-corrected chi connectivity index (χ3v) is 4.16. The molecule has 1 aliphatic carbocycles. The predicted octanol–water partition coefficient (Wildman–Crippen LogP) is 1.89. The van der Waals surface area contributed by atoms with Gasteiger partial charge in [0.15, 0.2) is 5.96 Å². The quantitative estimate of drug-likeness (QED) is 0.828. The number of hydrogen-bond acceptors (Lipinski definition) is 4. The number of nitrogens with two attached hydrogens (primary N) is 1. The van der Waals surface area contributed by atoms with Gasteiger partial charge >= 0.3 is 0 Å². The summed E-state index contributed by atoms with van der Waals surface area (Å²) in [6.07, 6.45) is 2.55. The highest BCUT2D eigenvalue weighted by Gasteiger charge is 2.39. The first-order valence-corrected chi connectivity index (χ1v) is 6.22. The van der Waals surface area contributed by atoms with E-state index in [1.54, 1.807) is 0 Å². The molecule has 80 valence electrons. The number of hydrogen-bond donors (Lipinski definition) is 1. The molecular formula is C11H15N3S. The van der Waals surface area contributed by atoms with Gasteiger partial charge in [-0.15, -0.1) is 11.3 Å². The van der Waals surface area contributed by atoms with Gasteiger partial charge in [0.05, 0.1) is 12.6 Å². The van der Waals surface area contributed by atoms with Crippen molar-refractivity contribution in [3.63, 3.8) is 0 Å². The Balaban J connectivity index is 1.87. The van der Waals surface area contributed by atoms with Crippen molar-refractivity contribution in [3.05, 3.63) is 21.9 Å². The molecule has 2 N–H and O–H groups in total. The van der Waals surface area contributed by atoms with E-state index in [0.717, 1.165) is 12.5 Å². The number of aryl methyl sites for hydroxylation is 1. The highest BCUT2D eigenvalue weighted by Crippen LogP contribution is 2.38. The molecule has 0 bridgehead atoms. The molecule has 0 spiro atoms. The maximum atomic E-state index is 5.94. The van der Waals surface area contributed by atoms with Crippen LogP contribution in [-0.2, 0) is 0 Å². The number of aliphatic imine (C=N–C) groups is 1. The molecule has 2 aliphatic rings. The normalized spacial score (nSPS) is 25.8. The van der Waals surface area contributed by atoms with Crippen LogP contribution in [0, 0.1) is 6.92 Å². The lowest BCUT2D eigenvalue weighted by atomic mass is 10.2. The molecule has 3 rings (SSSR count). The molecule has 1 aromatic rings. The van der Waals surface area contributed by atoms with Gasteiger partial charge in [-0.2, -0.15) is 0 Å². The van der Waals surface area contributed by atoms with E-state index in [0.29, 0.717) is 12.1 Å². The van der Waals surface area contributed by atoms with Crippen LogP contribution in [0.5, 0.6) is 0 Å². The van der Waals surface area contributed by atoms with E-state index in [-0.39, 0.29) is 0 Å². The van der Waals surface area contributed by atoms with Crippen molar-refractivity contribution in [2.75, 3.05) is 6.54 Å². The van der Waals surface area contributed by atoms with Crippen molar-refractivity contribution in [1.29, 1.82) is 0 Å². The van der Waals surface area contributed by atoms with E-state index in [2.05, 4.69) is 28.9 Å². The Hall–Kier alpha value is -1.03. The molecule has 1 aromatic heterocycles. The van der Waals surface area contributed by atoms with Gasteiger partial charge < -0.3 is 10.6 Å². The molecule has 3 nitrogen and oxygen atoms in total. The second kappa shape index (κ2) is 3.23. The summed E-state index contributed by atoms with van der Waals surface area (Å²) >= 11 is 1.87. The number of thiophene rings is 1. The molecule has 2 heterocycles. The lowest BCUT2D eigenvalue weighted by Gasteiger charge is -2.25. The fourth-order valence-corrected chi connectivity index (χ4v) is 3.13. The van der Waals surface area contributed by atoms with Crippen LogP contribution in [-0.4, -0.2) is 23.4 Å². The molecule has 0 aromatic carbocycles. The lowest BCUT2D eigenvalue weighted by Crippen LogP contribution is -2.37. The zero-order valence-corrected chi connectivity index (χ0v) is 9.63. The molecule has 1 fully saturated rings. The number of rotatable bonds is 2. The summed E-state index contributed by atoms with van der Waals surface area (Å²) < 4.78 is 0. The highest BCUT2D eigenvalue weighted by atomic mass is 32.1. The zero-order chi connectivity index (χ0) is 10.4. The topological polar surface area (TPSA) is 41.6 Å². The van der Waals surface area contributed by atoms with Crippen LogP contribution in [0.15, 0.2) is 17.1 Å². The first-order chi connectivity index (χ1) is 7.25. The third-order valence-electron chi connectivity index (χ3n) is 3.06. The number of nitrogens with zero attached hydrogens (tertiary/aromatic N) is 2. The summed E-state index contributed by atoms with van der Waals surface area (Å²) in [6.45, 7) is 2.98. The van der Waals surface area contributed by atoms with E-state index < -0.39 is 0 Å². The van der Waals surface area contributed by atoms with Crippen molar-refractivity contribution >= 4 is 17.3 Å². The summed E-state index contributed by atoms with van der Waals surface area (Å²) in [5.74, 6) is 0.744. The summed E-state index contributed by atoms with van der Waals surface area (Å²) in [4.78, 5) is 9.46. The first kappa shape index (κ1) is 9.21. The Bertz CT molecular complexity index is 406. The first-order valence-electron chi connectivity index (χ1n) is 5.40. The van der Waals surface area contributed by atoms with E-state index in [1.807, 2.05) is 11.3 Å². The smallest absolute Gasteiger partial charge is 0.192 e. The van der Waals surface area contributed by atoms with Crippen LogP contribution in [0.2, 0.25) is 0 Å². The third kappa shape index (κ3) is 1.53. The van der Waals surface area contributed by atoms with Gasteiger partial charge in [0.1, 0.15) is 0 Å². The average molecular weight is 221 g/mol. The molecule has 1 saturated carbocycles. The van der Waals surface area contributed by atoms with Gasteiger partial charge in [-0.25, -0.2) is 0 Å². The van der Waals surface area contributed by atoms with Gasteiger partial charge in [0.2, 0.25) is 0 Å². The fourth-order valence-electron chi connectivity index (χ4n) is 2.16. The van der Waals surface area contributed by atoms with Gasteiger partial charge in [-0.3, -0.25) is 4.99 Å². The van der Waals surface area contributed by atoms with Crippen LogP contribution >= 0.6 is 11.3 Å².